The Morgan fingerprint density at radius 1 is 0.861 bits per heavy atom. The van der Waals surface area contributed by atoms with Crippen LogP contribution in [0.5, 0.6) is 11.5 Å². The van der Waals surface area contributed by atoms with Crippen LogP contribution in [0.15, 0.2) is 78.9 Å². The number of carbonyl (C=O) groups excluding carboxylic acids is 2. The summed E-state index contributed by atoms with van der Waals surface area (Å²) < 4.78 is 11.5. The molecule has 8 heteroatoms. The number of ether oxygens (including phenoxy) is 2. The van der Waals surface area contributed by atoms with E-state index in [-0.39, 0.29) is 11.7 Å². The van der Waals surface area contributed by atoms with E-state index in [4.69, 9.17) is 21.7 Å². The maximum absolute atomic E-state index is 12.7. The van der Waals surface area contributed by atoms with Crippen LogP contribution in [0.1, 0.15) is 47.7 Å². The number of hydrogen-bond donors (Lipinski definition) is 3. The topological polar surface area (TPSA) is 88.7 Å². The van der Waals surface area contributed by atoms with E-state index in [9.17, 15) is 9.59 Å². The quantitative estimate of drug-likeness (QED) is 0.277. The van der Waals surface area contributed by atoms with E-state index in [0.717, 1.165) is 17.5 Å². The van der Waals surface area contributed by atoms with Gasteiger partial charge in [0.15, 0.2) is 11.7 Å². The van der Waals surface area contributed by atoms with Gasteiger partial charge >= 0.3 is 0 Å². The molecule has 3 N–H and O–H groups in total. The summed E-state index contributed by atoms with van der Waals surface area (Å²) in [6.07, 6.45) is 1.68. The van der Waals surface area contributed by atoms with Gasteiger partial charge in [0.05, 0.1) is 12.2 Å². The third kappa shape index (κ3) is 8.09. The lowest BCUT2D eigenvalue weighted by atomic mass is 9.98. The molecule has 0 aliphatic rings. The van der Waals surface area contributed by atoms with Gasteiger partial charge in [-0.2, -0.15) is 0 Å². The van der Waals surface area contributed by atoms with Crippen molar-refractivity contribution >= 4 is 29.1 Å². The minimum absolute atomic E-state index is 0.0487. The number of para-hydroxylation sites is 2. The van der Waals surface area contributed by atoms with Crippen molar-refractivity contribution in [3.05, 3.63) is 95.6 Å². The Hall–Kier alpha value is -3.91. The lowest BCUT2D eigenvalue weighted by molar-refractivity contribution is -0.123. The maximum Gasteiger partial charge on any atom is 0.276 e. The molecule has 1 unspecified atom stereocenters. The van der Waals surface area contributed by atoms with E-state index in [2.05, 4.69) is 30.0 Å². The molecule has 1 atom stereocenters. The van der Waals surface area contributed by atoms with Gasteiger partial charge in [-0.25, -0.2) is 0 Å². The van der Waals surface area contributed by atoms with Gasteiger partial charge in [-0.1, -0.05) is 74.5 Å². The van der Waals surface area contributed by atoms with Crippen molar-refractivity contribution in [2.75, 3.05) is 13.2 Å². The van der Waals surface area contributed by atoms with Gasteiger partial charge in [-0.3, -0.25) is 25.8 Å². The molecule has 0 bridgehead atoms. The number of benzene rings is 3. The third-order valence-electron chi connectivity index (χ3n) is 5.59. The molecular weight excluding hydrogens is 474 g/mol. The Morgan fingerprint density at radius 3 is 2.28 bits per heavy atom. The number of rotatable bonds is 10. The molecule has 0 spiro atoms. The first kappa shape index (κ1) is 26.7. The van der Waals surface area contributed by atoms with Crippen molar-refractivity contribution in [3.8, 4) is 11.5 Å². The molecule has 0 fully saturated rings. The van der Waals surface area contributed by atoms with Crippen molar-refractivity contribution < 1.29 is 19.1 Å². The van der Waals surface area contributed by atoms with Gasteiger partial charge in [0, 0.05) is 6.42 Å². The van der Waals surface area contributed by atoms with E-state index in [1.54, 1.807) is 24.3 Å². The average molecular weight is 506 g/mol. The molecule has 36 heavy (non-hydrogen) atoms. The fourth-order valence-corrected chi connectivity index (χ4v) is 3.59. The van der Waals surface area contributed by atoms with Crippen molar-refractivity contribution in [2.45, 2.75) is 32.6 Å². The van der Waals surface area contributed by atoms with E-state index >= 15 is 0 Å². The predicted octanol–water partition coefficient (Wildman–Crippen LogP) is 4.54. The second-order valence-electron chi connectivity index (χ2n) is 8.17. The highest BCUT2D eigenvalue weighted by molar-refractivity contribution is 7.80. The Bertz CT molecular complexity index is 1170. The molecule has 0 heterocycles. The van der Waals surface area contributed by atoms with Crippen LogP contribution in [-0.2, 0) is 11.2 Å². The fraction of sp³-hybridized carbons (Fsp3) is 0.250. The first-order valence-electron chi connectivity index (χ1n) is 11.9. The minimum Gasteiger partial charge on any atom is -0.492 e. The molecule has 7 nitrogen and oxygen atoms in total. The second kappa shape index (κ2) is 13.8. The highest BCUT2D eigenvalue weighted by atomic mass is 32.1. The summed E-state index contributed by atoms with van der Waals surface area (Å²) in [5.74, 6) is 0.550. The Morgan fingerprint density at radius 2 is 1.53 bits per heavy atom. The lowest BCUT2D eigenvalue weighted by Crippen LogP contribution is -2.49. The summed E-state index contributed by atoms with van der Waals surface area (Å²) in [4.78, 5) is 25.0. The molecule has 2 amide bonds. The predicted molar refractivity (Wildman–Crippen MR) is 144 cm³/mol. The maximum atomic E-state index is 12.7. The zero-order chi connectivity index (χ0) is 25.8. The first-order chi connectivity index (χ1) is 17.5. The molecule has 0 aromatic heterocycles. The van der Waals surface area contributed by atoms with Crippen molar-refractivity contribution in [1.29, 1.82) is 0 Å². The Balaban J connectivity index is 1.45. The van der Waals surface area contributed by atoms with Crippen molar-refractivity contribution in [2.24, 2.45) is 0 Å². The van der Waals surface area contributed by atoms with Gasteiger partial charge < -0.3 is 9.47 Å². The molecule has 3 aromatic rings. The molecular formula is C28H31N3O4S. The number of hydrogen-bond acceptors (Lipinski definition) is 5. The number of hydrazine groups is 1. The monoisotopic (exact) mass is 505 g/mol. The molecule has 0 aliphatic carbocycles. The van der Waals surface area contributed by atoms with Gasteiger partial charge in [0.25, 0.3) is 11.8 Å². The zero-order valence-corrected chi connectivity index (χ0v) is 21.3. The van der Waals surface area contributed by atoms with Crippen LogP contribution in [0.2, 0.25) is 0 Å². The van der Waals surface area contributed by atoms with E-state index in [0.29, 0.717) is 36.0 Å². The summed E-state index contributed by atoms with van der Waals surface area (Å²) in [6.45, 7) is 4.43. The van der Waals surface area contributed by atoms with E-state index < -0.39 is 11.8 Å². The summed E-state index contributed by atoms with van der Waals surface area (Å²) in [7, 11) is 0. The number of thiocarbonyl (C=S) groups is 1. The molecule has 0 radical (unpaired) electrons. The van der Waals surface area contributed by atoms with Gasteiger partial charge in [-0.15, -0.1) is 0 Å². The third-order valence-corrected chi connectivity index (χ3v) is 5.79. The van der Waals surface area contributed by atoms with Crippen LogP contribution in [0.4, 0.5) is 0 Å². The SMILES string of the molecule is CCC(C)c1ccccc1OCC(=O)NNC(=S)NC(=O)c1ccccc1OCCc1ccccc1. The largest absolute Gasteiger partial charge is 0.492 e. The summed E-state index contributed by atoms with van der Waals surface area (Å²) in [5.41, 5.74) is 7.50. The van der Waals surface area contributed by atoms with Gasteiger partial charge in [0.1, 0.15) is 11.5 Å². The molecule has 0 saturated heterocycles. The molecule has 0 saturated carbocycles. The molecule has 3 rings (SSSR count). The van der Waals surface area contributed by atoms with Crippen LogP contribution in [0.25, 0.3) is 0 Å². The van der Waals surface area contributed by atoms with Crippen LogP contribution in [-0.4, -0.2) is 30.1 Å². The Labute approximate surface area is 217 Å². The number of amides is 2. The lowest BCUT2D eigenvalue weighted by Gasteiger charge is -2.16. The normalized spacial score (nSPS) is 11.2. The zero-order valence-electron chi connectivity index (χ0n) is 20.5. The number of nitrogens with one attached hydrogen (secondary N) is 3. The standard InChI is InChI=1S/C28H31N3O4S/c1-3-20(2)22-13-7-9-15-24(22)35-19-26(32)30-31-28(36)29-27(33)23-14-8-10-16-25(23)34-18-17-21-11-5-4-6-12-21/h4-16,20H,3,17-19H2,1-2H3,(H,30,32)(H2,29,31,33,36). The van der Waals surface area contributed by atoms with Crippen LogP contribution < -0.4 is 25.6 Å². The molecule has 188 valence electrons. The van der Waals surface area contributed by atoms with Crippen molar-refractivity contribution in [3.63, 3.8) is 0 Å². The first-order valence-corrected chi connectivity index (χ1v) is 12.3. The summed E-state index contributed by atoms with van der Waals surface area (Å²) in [5, 5.41) is 2.50. The number of carbonyl (C=O) groups is 2. The highest BCUT2D eigenvalue weighted by Gasteiger charge is 2.15. The van der Waals surface area contributed by atoms with Crippen LogP contribution in [0, 0.1) is 0 Å². The van der Waals surface area contributed by atoms with Gasteiger partial charge in [-0.05, 0) is 53.9 Å². The van der Waals surface area contributed by atoms with Crippen LogP contribution in [0.3, 0.4) is 0 Å². The summed E-state index contributed by atoms with van der Waals surface area (Å²) in [6, 6.07) is 24.5. The Kier molecular flexibility index (Phi) is 10.3. The highest BCUT2D eigenvalue weighted by Crippen LogP contribution is 2.28. The fourth-order valence-electron chi connectivity index (χ4n) is 3.45. The molecule has 0 aliphatic heterocycles. The average Bonchev–Trinajstić information content (AvgIpc) is 2.91. The van der Waals surface area contributed by atoms with E-state index in [1.165, 1.54) is 0 Å². The van der Waals surface area contributed by atoms with Gasteiger partial charge in [0.2, 0.25) is 0 Å². The minimum atomic E-state index is -0.448. The van der Waals surface area contributed by atoms with Crippen LogP contribution >= 0.6 is 12.2 Å². The van der Waals surface area contributed by atoms with E-state index in [1.807, 2.05) is 54.6 Å². The van der Waals surface area contributed by atoms with Crippen molar-refractivity contribution in [1.82, 2.24) is 16.2 Å². The summed E-state index contributed by atoms with van der Waals surface area (Å²) >= 11 is 5.15. The molecule has 3 aromatic carbocycles. The second-order valence-corrected chi connectivity index (χ2v) is 8.58. The smallest absolute Gasteiger partial charge is 0.276 e.